The van der Waals surface area contributed by atoms with Crippen molar-refractivity contribution in [2.24, 2.45) is 0 Å². The Balaban J connectivity index is 2.71. The van der Waals surface area contributed by atoms with Gasteiger partial charge in [0.15, 0.2) is 11.5 Å². The van der Waals surface area contributed by atoms with Crippen molar-refractivity contribution < 1.29 is 24.5 Å². The Morgan fingerprint density at radius 3 is 2.71 bits per heavy atom. The highest BCUT2D eigenvalue weighted by atomic mass is 16.5. The first-order valence-corrected chi connectivity index (χ1v) is 5.19. The van der Waals surface area contributed by atoms with Crippen molar-refractivity contribution in [2.45, 2.75) is 19.3 Å². The molecule has 0 bridgehead atoms. The van der Waals surface area contributed by atoms with Crippen LogP contribution in [0.1, 0.15) is 19.4 Å². The average molecular weight is 238 g/mol. The number of rotatable bonds is 2. The number of phenolic OH excluding ortho intramolecular Hbond substituents is 2. The van der Waals surface area contributed by atoms with Gasteiger partial charge in [-0.25, -0.2) is 0 Å². The molecular weight excluding hydrogens is 224 g/mol. The summed E-state index contributed by atoms with van der Waals surface area (Å²) in [6, 6.07) is 1.35. The van der Waals surface area contributed by atoms with E-state index in [1.54, 1.807) is 6.92 Å². The van der Waals surface area contributed by atoms with Gasteiger partial charge in [0.1, 0.15) is 12.4 Å². The lowest BCUT2D eigenvalue weighted by atomic mass is 9.81. The van der Waals surface area contributed by atoms with Crippen LogP contribution < -0.4 is 9.47 Å². The standard InChI is InChI=1S/C12H14O5/c1-6(13)12(2)5-17-10-7(12)4-8(14)9(15)11(10)16-3/h4,14-15H,5H2,1-3H3. The van der Waals surface area contributed by atoms with E-state index in [0.717, 1.165) is 0 Å². The van der Waals surface area contributed by atoms with Gasteiger partial charge in [-0.3, -0.25) is 4.79 Å². The molecule has 0 amide bonds. The second-order valence-electron chi connectivity index (χ2n) is 4.33. The zero-order chi connectivity index (χ0) is 12.8. The first-order valence-electron chi connectivity index (χ1n) is 5.19. The Kier molecular flexibility index (Phi) is 2.41. The fourth-order valence-corrected chi connectivity index (χ4v) is 1.94. The van der Waals surface area contributed by atoms with Crippen LogP contribution in [0.2, 0.25) is 0 Å². The van der Waals surface area contributed by atoms with E-state index in [9.17, 15) is 15.0 Å². The van der Waals surface area contributed by atoms with Crippen LogP contribution in [0.5, 0.6) is 23.0 Å². The maximum Gasteiger partial charge on any atom is 0.207 e. The zero-order valence-electron chi connectivity index (χ0n) is 9.90. The summed E-state index contributed by atoms with van der Waals surface area (Å²) in [6.07, 6.45) is 0. The number of methoxy groups -OCH3 is 1. The predicted octanol–water partition coefficient (Wildman–Crippen LogP) is 1.35. The molecule has 5 nitrogen and oxygen atoms in total. The maximum absolute atomic E-state index is 11.7. The lowest BCUT2D eigenvalue weighted by Crippen LogP contribution is -2.32. The highest BCUT2D eigenvalue weighted by Crippen LogP contribution is 2.52. The van der Waals surface area contributed by atoms with Gasteiger partial charge in [-0.05, 0) is 19.9 Å². The number of ether oxygens (including phenoxy) is 2. The number of benzene rings is 1. The van der Waals surface area contributed by atoms with Crippen molar-refractivity contribution >= 4 is 5.78 Å². The smallest absolute Gasteiger partial charge is 0.207 e. The molecule has 0 saturated carbocycles. The number of fused-ring (bicyclic) bond motifs is 1. The Hall–Kier alpha value is -1.91. The molecule has 2 rings (SSSR count). The van der Waals surface area contributed by atoms with Crippen LogP contribution in [0.25, 0.3) is 0 Å². The van der Waals surface area contributed by atoms with Gasteiger partial charge in [-0.1, -0.05) is 0 Å². The summed E-state index contributed by atoms with van der Waals surface area (Å²) in [5, 5.41) is 19.2. The van der Waals surface area contributed by atoms with Gasteiger partial charge in [-0.2, -0.15) is 0 Å². The summed E-state index contributed by atoms with van der Waals surface area (Å²) < 4.78 is 10.4. The Morgan fingerprint density at radius 1 is 1.53 bits per heavy atom. The molecule has 0 spiro atoms. The summed E-state index contributed by atoms with van der Waals surface area (Å²) in [5.74, 6) is -0.383. The van der Waals surface area contributed by atoms with Crippen LogP contribution in [0.15, 0.2) is 6.07 Å². The molecule has 1 unspecified atom stereocenters. The minimum atomic E-state index is -0.812. The fraction of sp³-hybridized carbons (Fsp3) is 0.417. The molecule has 17 heavy (non-hydrogen) atoms. The van der Waals surface area contributed by atoms with Crippen molar-refractivity contribution in [3.8, 4) is 23.0 Å². The molecule has 1 aromatic carbocycles. The van der Waals surface area contributed by atoms with Crippen molar-refractivity contribution in [1.82, 2.24) is 0 Å². The minimum Gasteiger partial charge on any atom is -0.504 e. The van der Waals surface area contributed by atoms with E-state index >= 15 is 0 Å². The van der Waals surface area contributed by atoms with Crippen molar-refractivity contribution in [1.29, 1.82) is 0 Å². The van der Waals surface area contributed by atoms with Gasteiger partial charge < -0.3 is 19.7 Å². The van der Waals surface area contributed by atoms with E-state index in [0.29, 0.717) is 11.3 Å². The molecule has 92 valence electrons. The Labute approximate surface area is 98.6 Å². The SMILES string of the molecule is COc1c(O)c(O)cc2c1OCC2(C)C(C)=O. The monoisotopic (exact) mass is 238 g/mol. The van der Waals surface area contributed by atoms with E-state index in [1.807, 2.05) is 0 Å². The lowest BCUT2D eigenvalue weighted by Gasteiger charge is -2.19. The number of hydrogen-bond acceptors (Lipinski definition) is 5. The van der Waals surface area contributed by atoms with Gasteiger partial charge in [0.25, 0.3) is 0 Å². The highest BCUT2D eigenvalue weighted by Gasteiger charge is 2.43. The summed E-state index contributed by atoms with van der Waals surface area (Å²) in [5.41, 5.74) is -0.273. The van der Waals surface area contributed by atoms with Crippen molar-refractivity contribution in [3.05, 3.63) is 11.6 Å². The Bertz CT molecular complexity index is 494. The molecule has 1 aliphatic rings. The number of phenols is 2. The third-order valence-electron chi connectivity index (χ3n) is 3.27. The third kappa shape index (κ3) is 1.42. The summed E-state index contributed by atoms with van der Waals surface area (Å²) >= 11 is 0. The maximum atomic E-state index is 11.7. The molecule has 5 heteroatoms. The number of Topliss-reactive ketones (excluding diaryl/α,β-unsaturated/α-hetero) is 1. The molecule has 1 aliphatic heterocycles. The van der Waals surface area contributed by atoms with Crippen molar-refractivity contribution in [3.63, 3.8) is 0 Å². The lowest BCUT2D eigenvalue weighted by molar-refractivity contribution is -0.122. The van der Waals surface area contributed by atoms with Gasteiger partial charge in [0.05, 0.1) is 12.5 Å². The van der Waals surface area contributed by atoms with Crippen LogP contribution in [-0.4, -0.2) is 29.7 Å². The third-order valence-corrected chi connectivity index (χ3v) is 3.27. The first-order chi connectivity index (χ1) is 7.91. The molecule has 0 aromatic heterocycles. The number of ketones is 1. The zero-order valence-corrected chi connectivity index (χ0v) is 9.90. The number of carbonyl (C=O) groups excluding carboxylic acids is 1. The molecule has 2 N–H and O–H groups in total. The molecular formula is C12H14O5. The van der Waals surface area contributed by atoms with E-state index in [2.05, 4.69) is 0 Å². The van der Waals surface area contributed by atoms with Crippen LogP contribution in [-0.2, 0) is 10.2 Å². The van der Waals surface area contributed by atoms with E-state index in [1.165, 1.54) is 20.1 Å². The topological polar surface area (TPSA) is 76.0 Å². The van der Waals surface area contributed by atoms with Crippen LogP contribution in [0.4, 0.5) is 0 Å². The molecule has 1 atom stereocenters. The second-order valence-corrected chi connectivity index (χ2v) is 4.33. The van der Waals surface area contributed by atoms with E-state index < -0.39 is 5.41 Å². The summed E-state index contributed by atoms with van der Waals surface area (Å²) in [4.78, 5) is 11.7. The Morgan fingerprint density at radius 2 is 2.18 bits per heavy atom. The molecule has 1 aromatic rings. The molecule has 1 heterocycles. The van der Waals surface area contributed by atoms with Gasteiger partial charge >= 0.3 is 0 Å². The molecule has 0 radical (unpaired) electrons. The molecule has 0 saturated heterocycles. The molecule has 0 aliphatic carbocycles. The largest absolute Gasteiger partial charge is 0.504 e. The van der Waals surface area contributed by atoms with Crippen LogP contribution in [0, 0.1) is 0 Å². The number of aromatic hydroxyl groups is 2. The first kappa shape index (κ1) is 11.6. The van der Waals surface area contributed by atoms with Crippen LogP contribution >= 0.6 is 0 Å². The van der Waals surface area contributed by atoms with E-state index in [-0.39, 0.29) is 29.6 Å². The fourth-order valence-electron chi connectivity index (χ4n) is 1.94. The normalized spacial score (nSPS) is 21.8. The van der Waals surface area contributed by atoms with Gasteiger partial charge in [0.2, 0.25) is 11.5 Å². The van der Waals surface area contributed by atoms with Crippen molar-refractivity contribution in [2.75, 3.05) is 13.7 Å². The van der Waals surface area contributed by atoms with Crippen LogP contribution in [0.3, 0.4) is 0 Å². The number of hydrogen-bond donors (Lipinski definition) is 2. The van der Waals surface area contributed by atoms with E-state index in [4.69, 9.17) is 9.47 Å². The average Bonchev–Trinajstić information content (AvgIpc) is 2.60. The second kappa shape index (κ2) is 3.55. The summed E-state index contributed by atoms with van der Waals surface area (Å²) in [6.45, 7) is 3.38. The quantitative estimate of drug-likeness (QED) is 0.760. The van der Waals surface area contributed by atoms with Gasteiger partial charge in [-0.15, -0.1) is 0 Å². The predicted molar refractivity (Wildman–Crippen MR) is 59.9 cm³/mol. The minimum absolute atomic E-state index is 0.0602. The molecule has 0 fully saturated rings. The van der Waals surface area contributed by atoms with Gasteiger partial charge in [0, 0.05) is 5.56 Å². The summed E-state index contributed by atoms with van der Waals surface area (Å²) in [7, 11) is 1.36. The highest BCUT2D eigenvalue weighted by molar-refractivity contribution is 5.90. The number of carbonyl (C=O) groups is 1.